The first-order valence-electron chi connectivity index (χ1n) is 6.40. The molecule has 1 aromatic rings. The molecule has 0 bridgehead atoms. The third-order valence-electron chi connectivity index (χ3n) is 3.25. The Morgan fingerprint density at radius 1 is 1.26 bits per heavy atom. The number of ether oxygens (including phenoxy) is 3. The highest BCUT2D eigenvalue weighted by Crippen LogP contribution is 2.44. The molecule has 2 aliphatic rings. The Hall–Kier alpha value is -1.53. The number of phenols is 1. The highest BCUT2D eigenvalue weighted by molar-refractivity contribution is 5.55. The molecule has 0 saturated carbocycles. The van der Waals surface area contributed by atoms with Gasteiger partial charge in [-0.2, -0.15) is 0 Å². The van der Waals surface area contributed by atoms with E-state index in [9.17, 15) is 9.50 Å². The van der Waals surface area contributed by atoms with E-state index in [1.807, 2.05) is 0 Å². The van der Waals surface area contributed by atoms with Crippen molar-refractivity contribution in [1.29, 1.82) is 0 Å². The zero-order valence-corrected chi connectivity index (χ0v) is 10.4. The van der Waals surface area contributed by atoms with Crippen LogP contribution in [-0.4, -0.2) is 38.0 Å². The van der Waals surface area contributed by atoms with E-state index in [0.29, 0.717) is 43.4 Å². The molecule has 1 unspecified atom stereocenters. The van der Waals surface area contributed by atoms with E-state index in [4.69, 9.17) is 14.2 Å². The normalized spacial score (nSPS) is 22.9. The monoisotopic (exact) mass is 269 g/mol. The average Bonchev–Trinajstić information content (AvgIpc) is 2.66. The summed E-state index contributed by atoms with van der Waals surface area (Å²) >= 11 is 0. The molecule has 0 spiro atoms. The summed E-state index contributed by atoms with van der Waals surface area (Å²) in [5.74, 6) is -0.409. The van der Waals surface area contributed by atoms with Gasteiger partial charge in [-0.25, -0.2) is 4.39 Å². The van der Waals surface area contributed by atoms with Gasteiger partial charge < -0.3 is 24.6 Å². The van der Waals surface area contributed by atoms with Crippen molar-refractivity contribution in [2.24, 2.45) is 0 Å². The van der Waals surface area contributed by atoms with Crippen LogP contribution in [0, 0.1) is 5.82 Å². The summed E-state index contributed by atoms with van der Waals surface area (Å²) in [4.78, 5) is 0. The fourth-order valence-electron chi connectivity index (χ4n) is 2.34. The maximum absolute atomic E-state index is 13.8. The second-order valence-corrected chi connectivity index (χ2v) is 4.56. The zero-order valence-electron chi connectivity index (χ0n) is 10.4. The SMILES string of the molecule is Oc1c(F)cc2c(c1C1CNCCO1)OCCCO2. The Labute approximate surface area is 110 Å². The first-order valence-corrected chi connectivity index (χ1v) is 6.40. The fraction of sp³-hybridized carbons (Fsp3) is 0.538. The van der Waals surface area contributed by atoms with Crippen molar-refractivity contribution in [2.45, 2.75) is 12.5 Å². The lowest BCUT2D eigenvalue weighted by Gasteiger charge is -2.26. The summed E-state index contributed by atoms with van der Waals surface area (Å²) in [5, 5.41) is 13.1. The molecule has 5 nitrogen and oxygen atoms in total. The predicted molar refractivity (Wildman–Crippen MR) is 65.2 cm³/mol. The van der Waals surface area contributed by atoms with Crippen molar-refractivity contribution < 1.29 is 23.7 Å². The van der Waals surface area contributed by atoms with Crippen LogP contribution in [0.4, 0.5) is 4.39 Å². The predicted octanol–water partition coefficient (Wildman–Crippen LogP) is 1.35. The molecule has 1 saturated heterocycles. The minimum Gasteiger partial charge on any atom is -0.504 e. The van der Waals surface area contributed by atoms with Gasteiger partial charge in [-0.3, -0.25) is 0 Å². The molecule has 1 fully saturated rings. The van der Waals surface area contributed by atoms with E-state index in [2.05, 4.69) is 5.32 Å². The van der Waals surface area contributed by atoms with Gasteiger partial charge in [-0.1, -0.05) is 0 Å². The van der Waals surface area contributed by atoms with Crippen LogP contribution in [0.2, 0.25) is 0 Å². The topological polar surface area (TPSA) is 60.0 Å². The van der Waals surface area contributed by atoms with Gasteiger partial charge in [0, 0.05) is 25.6 Å². The Morgan fingerprint density at radius 3 is 2.89 bits per heavy atom. The molecule has 2 aliphatic heterocycles. The summed E-state index contributed by atoms with van der Waals surface area (Å²) in [6.07, 6.45) is 0.292. The lowest BCUT2D eigenvalue weighted by molar-refractivity contribution is 0.0241. The summed E-state index contributed by atoms with van der Waals surface area (Å²) in [7, 11) is 0. The van der Waals surface area contributed by atoms with E-state index in [-0.39, 0.29) is 0 Å². The molecule has 0 radical (unpaired) electrons. The van der Waals surface area contributed by atoms with Gasteiger partial charge in [0.15, 0.2) is 23.1 Å². The molecular formula is C13H16FNO4. The van der Waals surface area contributed by atoms with Crippen LogP contribution in [0.3, 0.4) is 0 Å². The maximum atomic E-state index is 13.8. The van der Waals surface area contributed by atoms with Gasteiger partial charge in [0.2, 0.25) is 0 Å². The van der Waals surface area contributed by atoms with E-state index in [1.165, 1.54) is 0 Å². The first kappa shape index (κ1) is 12.5. The molecular weight excluding hydrogens is 253 g/mol. The summed E-state index contributed by atoms with van der Waals surface area (Å²) in [5.41, 5.74) is 0.337. The molecule has 19 heavy (non-hydrogen) atoms. The van der Waals surface area contributed by atoms with Crippen molar-refractivity contribution in [3.8, 4) is 17.2 Å². The average molecular weight is 269 g/mol. The minimum atomic E-state index is -0.714. The number of hydrogen-bond donors (Lipinski definition) is 2. The van der Waals surface area contributed by atoms with Crippen LogP contribution in [0.1, 0.15) is 18.1 Å². The summed E-state index contributed by atoms with van der Waals surface area (Å²) in [6.45, 7) is 2.71. The number of fused-ring (bicyclic) bond motifs is 1. The molecule has 2 N–H and O–H groups in total. The molecule has 2 heterocycles. The number of benzene rings is 1. The number of morpholine rings is 1. The van der Waals surface area contributed by atoms with Gasteiger partial charge in [0.05, 0.1) is 25.4 Å². The minimum absolute atomic E-state index is 0.331. The van der Waals surface area contributed by atoms with E-state index < -0.39 is 17.7 Å². The number of hydrogen-bond acceptors (Lipinski definition) is 5. The van der Waals surface area contributed by atoms with Crippen LogP contribution in [0.5, 0.6) is 17.2 Å². The second-order valence-electron chi connectivity index (χ2n) is 4.56. The van der Waals surface area contributed by atoms with Crippen molar-refractivity contribution >= 4 is 0 Å². The van der Waals surface area contributed by atoms with E-state index >= 15 is 0 Å². The smallest absolute Gasteiger partial charge is 0.170 e. The molecule has 1 aromatic carbocycles. The number of phenolic OH excluding ortho intramolecular Hbond substituents is 1. The van der Waals surface area contributed by atoms with E-state index in [1.54, 1.807) is 0 Å². The first-order chi connectivity index (χ1) is 9.27. The van der Waals surface area contributed by atoms with Crippen LogP contribution < -0.4 is 14.8 Å². The third kappa shape index (κ3) is 2.33. The van der Waals surface area contributed by atoms with Gasteiger partial charge in [0.25, 0.3) is 0 Å². The Morgan fingerprint density at radius 2 is 2.11 bits per heavy atom. The number of rotatable bonds is 1. The molecule has 3 rings (SSSR count). The Balaban J connectivity index is 2.07. The molecule has 0 amide bonds. The lowest BCUT2D eigenvalue weighted by Crippen LogP contribution is -2.33. The largest absolute Gasteiger partial charge is 0.504 e. The molecule has 0 aliphatic carbocycles. The highest BCUT2D eigenvalue weighted by atomic mass is 19.1. The lowest BCUT2D eigenvalue weighted by atomic mass is 10.0. The fourth-order valence-corrected chi connectivity index (χ4v) is 2.34. The molecule has 0 aromatic heterocycles. The van der Waals surface area contributed by atoms with Crippen LogP contribution in [0.25, 0.3) is 0 Å². The Kier molecular flexibility index (Phi) is 3.44. The zero-order chi connectivity index (χ0) is 13.2. The molecule has 104 valence electrons. The van der Waals surface area contributed by atoms with Crippen molar-refractivity contribution in [1.82, 2.24) is 5.32 Å². The summed E-state index contributed by atoms with van der Waals surface area (Å²) < 4.78 is 30.4. The van der Waals surface area contributed by atoms with Gasteiger partial charge in [-0.05, 0) is 0 Å². The second kappa shape index (κ2) is 5.22. The number of aromatic hydroxyl groups is 1. The standard InChI is InChI=1S/C13H16FNO4/c14-8-6-9-13(19-4-1-3-17-9)11(12(8)16)10-7-15-2-5-18-10/h6,10,15-16H,1-5,7H2. The maximum Gasteiger partial charge on any atom is 0.170 e. The summed E-state index contributed by atoms with van der Waals surface area (Å²) in [6, 6.07) is 1.16. The number of nitrogens with one attached hydrogen (secondary N) is 1. The van der Waals surface area contributed by atoms with E-state index in [0.717, 1.165) is 19.0 Å². The highest BCUT2D eigenvalue weighted by Gasteiger charge is 2.29. The van der Waals surface area contributed by atoms with Crippen LogP contribution >= 0.6 is 0 Å². The molecule has 1 atom stereocenters. The van der Waals surface area contributed by atoms with Crippen LogP contribution in [0.15, 0.2) is 6.07 Å². The van der Waals surface area contributed by atoms with Crippen LogP contribution in [-0.2, 0) is 4.74 Å². The number of halogens is 1. The van der Waals surface area contributed by atoms with Crippen molar-refractivity contribution in [2.75, 3.05) is 32.9 Å². The van der Waals surface area contributed by atoms with Crippen molar-refractivity contribution in [3.63, 3.8) is 0 Å². The molecule has 6 heteroatoms. The van der Waals surface area contributed by atoms with Gasteiger partial charge >= 0.3 is 0 Å². The quantitative estimate of drug-likeness (QED) is 0.806. The third-order valence-corrected chi connectivity index (χ3v) is 3.25. The van der Waals surface area contributed by atoms with Gasteiger partial charge in [-0.15, -0.1) is 0 Å². The Bertz CT molecular complexity index is 474. The van der Waals surface area contributed by atoms with Gasteiger partial charge in [0.1, 0.15) is 6.10 Å². The van der Waals surface area contributed by atoms with Crippen molar-refractivity contribution in [3.05, 3.63) is 17.4 Å².